The van der Waals surface area contributed by atoms with E-state index in [0.29, 0.717) is 35.7 Å². The second kappa shape index (κ2) is 8.99. The number of amides is 2. The first-order valence-corrected chi connectivity index (χ1v) is 9.31. The summed E-state index contributed by atoms with van der Waals surface area (Å²) in [5, 5.41) is 5.70. The van der Waals surface area contributed by atoms with Gasteiger partial charge in [0.2, 0.25) is 0 Å². The Morgan fingerprint density at radius 3 is 2.46 bits per heavy atom. The highest BCUT2D eigenvalue weighted by molar-refractivity contribution is 6.09. The summed E-state index contributed by atoms with van der Waals surface area (Å²) in [6.07, 6.45) is 4.03. The van der Waals surface area contributed by atoms with Gasteiger partial charge in [0.15, 0.2) is 0 Å². The van der Waals surface area contributed by atoms with E-state index in [1.165, 1.54) is 5.56 Å². The fourth-order valence-corrected chi connectivity index (χ4v) is 2.83. The molecule has 6 nitrogen and oxygen atoms in total. The van der Waals surface area contributed by atoms with Crippen LogP contribution in [0.2, 0.25) is 0 Å². The normalized spacial score (nSPS) is 10.7. The third kappa shape index (κ3) is 4.85. The molecule has 28 heavy (non-hydrogen) atoms. The van der Waals surface area contributed by atoms with Gasteiger partial charge >= 0.3 is 0 Å². The van der Waals surface area contributed by atoms with Gasteiger partial charge in [0, 0.05) is 30.9 Å². The van der Waals surface area contributed by atoms with Crippen molar-refractivity contribution < 1.29 is 9.59 Å². The predicted octanol–water partition coefficient (Wildman–Crippen LogP) is 3.76. The molecule has 0 spiro atoms. The van der Waals surface area contributed by atoms with Crippen molar-refractivity contribution in [3.8, 4) is 0 Å². The Kier molecular flexibility index (Phi) is 6.22. The number of imidazole rings is 1. The van der Waals surface area contributed by atoms with Crippen molar-refractivity contribution in [3.63, 3.8) is 0 Å². The van der Waals surface area contributed by atoms with E-state index < -0.39 is 0 Å². The third-order valence-electron chi connectivity index (χ3n) is 4.46. The van der Waals surface area contributed by atoms with Crippen molar-refractivity contribution in [2.75, 3.05) is 11.9 Å². The number of hydrogen-bond acceptors (Lipinski definition) is 3. The lowest BCUT2D eigenvalue weighted by molar-refractivity contribution is 0.0955. The molecular weight excluding hydrogens is 352 g/mol. The smallest absolute Gasteiger partial charge is 0.255 e. The number of carbonyl (C=O) groups excluding carboxylic acids is 2. The van der Waals surface area contributed by atoms with E-state index in [2.05, 4.69) is 34.4 Å². The highest BCUT2D eigenvalue weighted by Crippen LogP contribution is 2.18. The molecule has 3 N–H and O–H groups in total. The Hall–Kier alpha value is -3.41. The second-order valence-corrected chi connectivity index (χ2v) is 6.82. The maximum absolute atomic E-state index is 12.6. The van der Waals surface area contributed by atoms with Crippen LogP contribution in [0.25, 0.3) is 0 Å². The first kappa shape index (κ1) is 19.4. The summed E-state index contributed by atoms with van der Waals surface area (Å²) in [7, 11) is 0. The molecule has 1 aromatic heterocycles. The molecule has 0 fully saturated rings. The number of rotatable bonds is 7. The van der Waals surface area contributed by atoms with Crippen molar-refractivity contribution in [2.45, 2.75) is 26.2 Å². The molecule has 2 aromatic carbocycles. The highest BCUT2D eigenvalue weighted by Gasteiger charge is 2.14. The first-order valence-electron chi connectivity index (χ1n) is 9.31. The largest absolute Gasteiger partial charge is 0.352 e. The van der Waals surface area contributed by atoms with Crippen molar-refractivity contribution in [2.24, 2.45) is 0 Å². The van der Waals surface area contributed by atoms with Crippen molar-refractivity contribution in [1.29, 1.82) is 0 Å². The van der Waals surface area contributed by atoms with E-state index in [-0.39, 0.29) is 11.8 Å². The van der Waals surface area contributed by atoms with Crippen molar-refractivity contribution >= 4 is 17.5 Å². The average Bonchev–Trinajstić information content (AvgIpc) is 3.22. The number of nitrogens with one attached hydrogen (secondary N) is 3. The zero-order valence-corrected chi connectivity index (χ0v) is 16.0. The lowest BCUT2D eigenvalue weighted by Gasteiger charge is -2.12. The zero-order valence-electron chi connectivity index (χ0n) is 16.0. The van der Waals surface area contributed by atoms with Crippen LogP contribution in [-0.4, -0.2) is 28.3 Å². The summed E-state index contributed by atoms with van der Waals surface area (Å²) in [5.74, 6) is 0.734. The molecule has 144 valence electrons. The Balaban J connectivity index is 1.65. The van der Waals surface area contributed by atoms with E-state index in [4.69, 9.17) is 0 Å². The van der Waals surface area contributed by atoms with Crippen LogP contribution in [-0.2, 0) is 6.42 Å². The van der Waals surface area contributed by atoms with Crippen LogP contribution in [0.5, 0.6) is 0 Å². The molecule has 6 heteroatoms. The number of anilines is 1. The zero-order chi connectivity index (χ0) is 19.9. The molecule has 2 amide bonds. The Morgan fingerprint density at radius 2 is 1.79 bits per heavy atom. The number of aromatic amines is 1. The van der Waals surface area contributed by atoms with Crippen LogP contribution in [0.4, 0.5) is 5.69 Å². The van der Waals surface area contributed by atoms with E-state index in [1.807, 2.05) is 12.1 Å². The molecule has 3 aromatic rings. The number of benzene rings is 2. The van der Waals surface area contributed by atoms with Crippen LogP contribution in [0.1, 0.15) is 51.9 Å². The summed E-state index contributed by atoms with van der Waals surface area (Å²) < 4.78 is 0. The number of carbonyl (C=O) groups is 2. The molecule has 3 rings (SSSR count). The number of H-pyrrole nitrogens is 1. The van der Waals surface area contributed by atoms with Gasteiger partial charge in [0.1, 0.15) is 5.82 Å². The fraction of sp³-hybridized carbons (Fsp3) is 0.227. The van der Waals surface area contributed by atoms with Gasteiger partial charge < -0.3 is 15.6 Å². The lowest BCUT2D eigenvalue weighted by Crippen LogP contribution is -2.27. The van der Waals surface area contributed by atoms with Gasteiger partial charge in [-0.3, -0.25) is 9.59 Å². The summed E-state index contributed by atoms with van der Waals surface area (Å²) in [4.78, 5) is 32.2. The maximum atomic E-state index is 12.6. The number of para-hydroxylation sites is 1. The van der Waals surface area contributed by atoms with Gasteiger partial charge in [-0.05, 0) is 35.7 Å². The van der Waals surface area contributed by atoms with Crippen LogP contribution >= 0.6 is 0 Å². The molecule has 0 aliphatic heterocycles. The molecule has 0 saturated heterocycles. The molecular formula is C22H24N4O2. The van der Waals surface area contributed by atoms with Gasteiger partial charge in [-0.25, -0.2) is 4.98 Å². The summed E-state index contributed by atoms with van der Waals surface area (Å²) >= 11 is 0. The van der Waals surface area contributed by atoms with Crippen LogP contribution in [0.3, 0.4) is 0 Å². The minimum Gasteiger partial charge on any atom is -0.352 e. The summed E-state index contributed by atoms with van der Waals surface area (Å²) in [6.45, 7) is 4.66. The SMILES string of the molecule is CC(C)c1ccc(C(=O)Nc2ccccc2C(=O)NCCc2ncc[nH]2)cc1. The molecule has 0 atom stereocenters. The van der Waals surface area contributed by atoms with Gasteiger partial charge in [0.25, 0.3) is 11.8 Å². The van der Waals surface area contributed by atoms with Crippen LogP contribution in [0.15, 0.2) is 60.9 Å². The van der Waals surface area contributed by atoms with E-state index in [0.717, 1.165) is 5.82 Å². The molecule has 0 aliphatic rings. The number of aromatic nitrogens is 2. The Morgan fingerprint density at radius 1 is 1.04 bits per heavy atom. The highest BCUT2D eigenvalue weighted by atomic mass is 16.2. The quantitative estimate of drug-likeness (QED) is 0.587. The van der Waals surface area contributed by atoms with Gasteiger partial charge in [-0.15, -0.1) is 0 Å². The van der Waals surface area contributed by atoms with Crippen LogP contribution in [0, 0.1) is 0 Å². The second-order valence-electron chi connectivity index (χ2n) is 6.82. The molecule has 1 heterocycles. The van der Waals surface area contributed by atoms with E-state index >= 15 is 0 Å². The topological polar surface area (TPSA) is 86.9 Å². The number of hydrogen-bond donors (Lipinski definition) is 3. The van der Waals surface area contributed by atoms with Crippen LogP contribution < -0.4 is 10.6 Å². The third-order valence-corrected chi connectivity index (χ3v) is 4.46. The standard InChI is InChI=1S/C22H24N4O2/c1-15(2)16-7-9-17(10-8-16)21(27)26-19-6-4-3-5-18(19)22(28)25-12-11-20-23-13-14-24-20/h3-10,13-15H,11-12H2,1-2H3,(H,23,24)(H,25,28)(H,26,27). The van der Waals surface area contributed by atoms with Gasteiger partial charge in [0.05, 0.1) is 11.3 Å². The van der Waals surface area contributed by atoms with Crippen molar-refractivity contribution in [1.82, 2.24) is 15.3 Å². The number of nitrogens with zero attached hydrogens (tertiary/aromatic N) is 1. The molecule has 0 aliphatic carbocycles. The van der Waals surface area contributed by atoms with Gasteiger partial charge in [-0.1, -0.05) is 38.1 Å². The summed E-state index contributed by atoms with van der Waals surface area (Å²) in [6, 6.07) is 14.5. The van der Waals surface area contributed by atoms with Crippen molar-refractivity contribution in [3.05, 3.63) is 83.4 Å². The minimum atomic E-state index is -0.244. The monoisotopic (exact) mass is 376 g/mol. The van der Waals surface area contributed by atoms with Gasteiger partial charge in [-0.2, -0.15) is 0 Å². The molecule has 0 unspecified atom stereocenters. The summed E-state index contributed by atoms with van der Waals surface area (Å²) in [5.41, 5.74) is 2.63. The molecule has 0 bridgehead atoms. The fourth-order valence-electron chi connectivity index (χ4n) is 2.83. The predicted molar refractivity (Wildman–Crippen MR) is 110 cm³/mol. The Bertz CT molecular complexity index is 931. The van der Waals surface area contributed by atoms with E-state index in [1.54, 1.807) is 48.8 Å². The molecule has 0 saturated carbocycles. The first-order chi connectivity index (χ1) is 13.5. The lowest BCUT2D eigenvalue weighted by atomic mass is 10.0. The Labute approximate surface area is 164 Å². The molecule has 0 radical (unpaired) electrons. The maximum Gasteiger partial charge on any atom is 0.255 e. The minimum absolute atomic E-state index is 0.238. The average molecular weight is 376 g/mol. The van der Waals surface area contributed by atoms with E-state index in [9.17, 15) is 9.59 Å².